The number of hydrogen-bond donors (Lipinski definition) is 4. The molecule has 64 heavy (non-hydrogen) atoms. The van der Waals surface area contributed by atoms with Gasteiger partial charge in [0.25, 0.3) is 0 Å². The van der Waals surface area contributed by atoms with Gasteiger partial charge in [-0.2, -0.15) is 15.3 Å². The number of halogens is 3. The van der Waals surface area contributed by atoms with Crippen molar-refractivity contribution in [2.75, 3.05) is 14.1 Å². The molecule has 5 aliphatic rings. The molecule has 4 heterocycles. The molecule has 348 valence electrons. The Morgan fingerprint density at radius 3 is 1.48 bits per heavy atom. The minimum absolute atomic E-state index is 0. The first-order chi connectivity index (χ1) is 29.0. The third kappa shape index (κ3) is 32.7. The summed E-state index contributed by atoms with van der Waals surface area (Å²) < 4.78 is 19.1. The molecule has 4 saturated carbocycles. The van der Waals surface area contributed by atoms with Crippen LogP contribution in [0.1, 0.15) is 111 Å². The zero-order chi connectivity index (χ0) is 47.6. The van der Waals surface area contributed by atoms with Gasteiger partial charge < -0.3 is 44.2 Å². The summed E-state index contributed by atoms with van der Waals surface area (Å²) in [7, 11) is 3.44. The average molecular weight is 1110 g/mol. The number of carboxylic acid groups (broad SMARTS) is 4. The van der Waals surface area contributed by atoms with Gasteiger partial charge in [-0.05, 0) is 121 Å². The van der Waals surface area contributed by atoms with E-state index in [0.717, 1.165) is 36.1 Å². The Hall–Kier alpha value is -1.94. The van der Waals surface area contributed by atoms with Crippen molar-refractivity contribution in [3.63, 3.8) is 0 Å². The third-order valence-electron chi connectivity index (χ3n) is 8.46. The van der Waals surface area contributed by atoms with Crippen molar-refractivity contribution in [3.05, 3.63) is 60.0 Å². The van der Waals surface area contributed by atoms with Crippen LogP contribution in [0.5, 0.6) is 0 Å². The van der Waals surface area contributed by atoms with Crippen LogP contribution in [0.25, 0.3) is 0 Å². The van der Waals surface area contributed by atoms with Crippen molar-refractivity contribution >= 4 is 86.9 Å². The van der Waals surface area contributed by atoms with Crippen molar-refractivity contribution in [2.24, 2.45) is 5.84 Å². The summed E-state index contributed by atoms with van der Waals surface area (Å²) in [5, 5.41) is 45.2. The number of rotatable bonds is 7. The van der Waals surface area contributed by atoms with E-state index >= 15 is 0 Å². The molecule has 0 radical (unpaired) electrons. The zero-order valence-electron chi connectivity index (χ0n) is 38.2. The first-order valence-electron chi connectivity index (χ1n) is 19.3. The van der Waals surface area contributed by atoms with Crippen molar-refractivity contribution in [3.8, 4) is 0 Å². The van der Waals surface area contributed by atoms with Crippen LogP contribution in [-0.4, -0.2) is 113 Å². The van der Waals surface area contributed by atoms with E-state index in [1.807, 2.05) is 65.2 Å². The first-order valence-corrected chi connectivity index (χ1v) is 23.8. The number of aldehydes is 1. The SMILES string of the molecule is BrBr.Brc1cnn(C2CC2)c1.CC(=O)[O-].CC(=O)[O-].CC1(C)OB(c2cnn(C3CC3)c2)OC1(C)C.CN(C)/C=C/C=O.NNC1CC1.O=C(O)C(=O)O.[Na+].[Na+].c1cnn(C2CC2)c1. The van der Waals surface area contributed by atoms with E-state index in [-0.39, 0.29) is 77.4 Å². The zero-order valence-corrected chi connectivity index (χ0v) is 47.0. The predicted octanol–water partition coefficient (Wildman–Crippen LogP) is -3.04. The Morgan fingerprint density at radius 2 is 1.22 bits per heavy atom. The molecule has 1 saturated heterocycles. The Morgan fingerprint density at radius 1 is 0.812 bits per heavy atom. The van der Waals surface area contributed by atoms with Crippen LogP contribution in [0.4, 0.5) is 0 Å². The van der Waals surface area contributed by atoms with E-state index in [1.165, 1.54) is 57.4 Å². The van der Waals surface area contributed by atoms with Crippen molar-refractivity contribution in [1.82, 2.24) is 39.7 Å². The number of hydrazine groups is 1. The second-order valence-corrected chi connectivity index (χ2v) is 16.1. The molecule has 0 atom stereocenters. The summed E-state index contributed by atoms with van der Waals surface area (Å²) in [6.45, 7) is 10.2. The third-order valence-corrected chi connectivity index (χ3v) is 8.87. The van der Waals surface area contributed by atoms with Gasteiger partial charge in [0.15, 0.2) is 0 Å². The largest absolute Gasteiger partial charge is 1.00 e. The predicted molar refractivity (Wildman–Crippen MR) is 239 cm³/mol. The molecule has 26 heteroatoms. The summed E-state index contributed by atoms with van der Waals surface area (Å²) in [5.74, 6) is -0.831. The molecule has 3 aromatic rings. The molecule has 0 amide bonds. The number of carbonyl (C=O) groups excluding carboxylic acids is 3. The van der Waals surface area contributed by atoms with Gasteiger partial charge in [0, 0.05) is 103 Å². The summed E-state index contributed by atoms with van der Waals surface area (Å²) in [4.78, 5) is 47.4. The molecule has 0 bridgehead atoms. The fraction of sp³-hybridized carbons (Fsp3) is 0.579. The van der Waals surface area contributed by atoms with Gasteiger partial charge >= 0.3 is 78.2 Å². The normalized spacial score (nSPS) is 16.4. The van der Waals surface area contributed by atoms with E-state index in [1.54, 1.807) is 11.1 Å². The molecule has 5 fully saturated rings. The van der Waals surface area contributed by atoms with Gasteiger partial charge in [0.2, 0.25) is 0 Å². The first kappa shape index (κ1) is 66.3. The maximum absolute atomic E-state index is 9.60. The van der Waals surface area contributed by atoms with E-state index in [9.17, 15) is 4.79 Å². The molecule has 8 rings (SSSR count). The van der Waals surface area contributed by atoms with Gasteiger partial charge in [0.1, 0.15) is 6.29 Å². The van der Waals surface area contributed by atoms with E-state index in [2.05, 4.69) is 98.8 Å². The Labute approximate surface area is 443 Å². The average Bonchev–Trinajstić information content (AvgIpc) is 4.03. The smallest absolute Gasteiger partial charge is 0.550 e. The molecular formula is C38H59BBr3N9Na2O11. The number of carbonyl (C=O) groups is 5. The number of nitrogens with zero attached hydrogens (tertiary/aromatic N) is 7. The van der Waals surface area contributed by atoms with E-state index in [0.29, 0.717) is 18.1 Å². The van der Waals surface area contributed by atoms with E-state index in [4.69, 9.17) is 54.8 Å². The Balaban J connectivity index is -0.000000695. The molecule has 0 spiro atoms. The second kappa shape index (κ2) is 35.2. The van der Waals surface area contributed by atoms with Gasteiger partial charge in [-0.15, -0.1) is 0 Å². The number of carboxylic acids is 4. The molecule has 4 aliphatic carbocycles. The van der Waals surface area contributed by atoms with Gasteiger partial charge in [0.05, 0.1) is 40.0 Å². The molecule has 3 aromatic heterocycles. The fourth-order valence-electron chi connectivity index (χ4n) is 4.14. The Bertz CT molecular complexity index is 1740. The van der Waals surface area contributed by atoms with Crippen LogP contribution in [0, 0.1) is 0 Å². The summed E-state index contributed by atoms with van der Waals surface area (Å²) in [6, 6.07) is 4.68. The number of allylic oxidation sites excluding steroid dienone is 1. The number of aliphatic carboxylic acids is 4. The van der Waals surface area contributed by atoms with E-state index < -0.39 is 23.9 Å². The van der Waals surface area contributed by atoms with Crippen LogP contribution in [0.3, 0.4) is 0 Å². The molecular weight excluding hydrogens is 1050 g/mol. The fourth-order valence-corrected chi connectivity index (χ4v) is 4.44. The maximum Gasteiger partial charge on any atom is 1.00 e. The summed E-state index contributed by atoms with van der Waals surface area (Å²) in [5.41, 5.74) is 3.11. The summed E-state index contributed by atoms with van der Waals surface area (Å²) >= 11 is 8.84. The van der Waals surface area contributed by atoms with Crippen molar-refractivity contribution in [2.45, 2.75) is 128 Å². The van der Waals surface area contributed by atoms with Gasteiger partial charge in [-0.3, -0.25) is 30.1 Å². The van der Waals surface area contributed by atoms with Gasteiger partial charge in [-0.1, -0.05) is 0 Å². The quantitative estimate of drug-likeness (QED) is 0.0457. The number of hydrogen-bond acceptors (Lipinski definition) is 15. The summed E-state index contributed by atoms with van der Waals surface area (Å²) in [6.07, 6.45) is 25.8. The minimum atomic E-state index is -1.82. The second-order valence-electron chi connectivity index (χ2n) is 15.1. The van der Waals surface area contributed by atoms with Gasteiger partial charge in [-0.25, -0.2) is 9.59 Å². The van der Waals surface area contributed by atoms with Crippen molar-refractivity contribution < 1.29 is 113 Å². The number of nitrogens with two attached hydrogens (primary N) is 1. The van der Waals surface area contributed by atoms with Crippen LogP contribution < -0.4 is 86.1 Å². The molecule has 0 unspecified atom stereocenters. The molecule has 5 N–H and O–H groups in total. The minimum Gasteiger partial charge on any atom is -0.550 e. The molecule has 20 nitrogen and oxygen atoms in total. The topological polar surface area (TPSA) is 285 Å². The molecule has 1 aliphatic heterocycles. The standard InChI is InChI=1S/C12H19BN2O2.C6H7BrN2.C6H8N2.C5H9NO.C3H8N2.C2H2O4.2C2H4O2.Br2.2Na/c1-11(2)12(3,4)17-13(16-11)9-7-14-15(8-9)10-5-6-10;7-5-3-8-9(4-5)6-1-2-6;1-4-7-8(5-1)6-2-3-6;1-6(2)4-3-5-7;4-5-3-1-2-3;3-1(4)2(5)6;2*1-2(3)4;1-2;;/h7-8,10H,5-6H2,1-4H3;3-4,6H,1-2H2;1,4-6H,2-3H2;3-5H,1-2H3;3,5H,1-2,4H2;(H,3,4)(H,5,6);2*1H3,(H,3,4);;;/q;;;;;;;;;2*+1/p-2/b;;;4-3+;;;;;;;. The number of nitrogens with one attached hydrogen (secondary N) is 1. The van der Waals surface area contributed by atoms with Crippen LogP contribution in [0.15, 0.2) is 60.0 Å². The Kier molecular flexibility index (Phi) is 36.5. The van der Waals surface area contributed by atoms with Crippen LogP contribution in [0.2, 0.25) is 0 Å². The van der Waals surface area contributed by atoms with Crippen LogP contribution in [-0.2, 0) is 33.3 Å². The number of aromatic nitrogens is 6. The maximum atomic E-state index is 9.60. The molecule has 0 aromatic carbocycles. The van der Waals surface area contributed by atoms with Crippen LogP contribution >= 0.6 is 44.2 Å². The monoisotopic (exact) mass is 1110 g/mol. The van der Waals surface area contributed by atoms with Crippen molar-refractivity contribution in [1.29, 1.82) is 0 Å².